The van der Waals surface area contributed by atoms with Crippen LogP contribution in [0.25, 0.3) is 0 Å². The Morgan fingerprint density at radius 3 is 2.44 bits per heavy atom. The number of aliphatic hydroxyl groups is 1. The highest BCUT2D eigenvalue weighted by Gasteiger charge is 2.30. The molecule has 0 saturated carbocycles. The van der Waals surface area contributed by atoms with Crippen molar-refractivity contribution in [3.8, 4) is 0 Å². The van der Waals surface area contributed by atoms with E-state index in [2.05, 4.69) is 0 Å². The number of rotatable bonds is 4. The molecule has 0 aliphatic carbocycles. The third kappa shape index (κ3) is 4.63. The van der Waals surface area contributed by atoms with Crippen LogP contribution in [0.15, 0.2) is 24.3 Å². The summed E-state index contributed by atoms with van der Waals surface area (Å²) in [5.41, 5.74) is -1.02. The normalized spacial score (nSPS) is 14.5. The van der Waals surface area contributed by atoms with Crippen molar-refractivity contribution in [3.63, 3.8) is 0 Å². The van der Waals surface area contributed by atoms with E-state index in [1.165, 1.54) is 6.07 Å². The first-order valence-electron chi connectivity index (χ1n) is 4.88. The molecule has 1 aromatic carbocycles. The predicted molar refractivity (Wildman–Crippen MR) is 55.6 cm³/mol. The summed E-state index contributed by atoms with van der Waals surface area (Å²) >= 11 is 0. The van der Waals surface area contributed by atoms with Crippen molar-refractivity contribution in [2.45, 2.75) is 18.7 Å². The van der Waals surface area contributed by atoms with Crippen molar-refractivity contribution in [1.82, 2.24) is 0 Å². The van der Waals surface area contributed by atoms with Crippen LogP contribution in [0.4, 0.5) is 13.2 Å². The molecule has 0 aromatic heterocycles. The summed E-state index contributed by atoms with van der Waals surface area (Å²) in [6, 6.07) is 3.90. The quantitative estimate of drug-likeness (QED) is 0.853. The molecular weight excluding hydrogens is 273 g/mol. The lowest BCUT2D eigenvalue weighted by Gasteiger charge is -2.14. The maximum absolute atomic E-state index is 12.4. The summed E-state index contributed by atoms with van der Waals surface area (Å²) in [5.74, 6) is -0.829. The van der Waals surface area contributed by atoms with Gasteiger partial charge < -0.3 is 9.66 Å². The van der Waals surface area contributed by atoms with Crippen molar-refractivity contribution < 1.29 is 31.2 Å². The van der Waals surface area contributed by atoms with E-state index in [0.717, 1.165) is 18.2 Å². The molecule has 18 heavy (non-hydrogen) atoms. The smallest absolute Gasteiger partial charge is 0.416 e. The highest BCUT2D eigenvalue weighted by atomic mass is 32.2. The molecule has 102 valence electrons. The molecule has 1 N–H and O–H groups in total. The average Bonchev–Trinajstić information content (AvgIpc) is 2.24. The molecule has 1 rings (SSSR count). The molecule has 0 fully saturated rings. The predicted octanol–water partition coefficient (Wildman–Crippen LogP) is 1.67. The summed E-state index contributed by atoms with van der Waals surface area (Å²) < 4.78 is 68.2. The fourth-order valence-corrected chi connectivity index (χ4v) is 1.86. The lowest BCUT2D eigenvalue weighted by atomic mass is 10.0. The van der Waals surface area contributed by atoms with Gasteiger partial charge in [-0.05, 0) is 24.1 Å². The van der Waals surface area contributed by atoms with Gasteiger partial charge in [-0.1, -0.05) is 12.1 Å². The molecule has 1 atom stereocenters. The van der Waals surface area contributed by atoms with Crippen molar-refractivity contribution in [3.05, 3.63) is 35.4 Å². The van der Waals surface area contributed by atoms with Crippen molar-refractivity contribution in [2.24, 2.45) is 0 Å². The number of hydrogen-bond acceptors (Lipinski definition) is 4. The Balaban J connectivity index is 2.84. The summed E-state index contributed by atoms with van der Waals surface area (Å²) in [7, 11) is -4.50. The van der Waals surface area contributed by atoms with Gasteiger partial charge in [0.15, 0.2) is 0 Å². The molecule has 4 nitrogen and oxygen atoms in total. The number of alkyl halides is 3. The zero-order chi connectivity index (χ0) is 14.0. The molecule has 0 aliphatic rings. The molecule has 0 heterocycles. The first kappa shape index (κ1) is 14.9. The zero-order valence-electron chi connectivity index (χ0n) is 9.02. The molecule has 8 heteroatoms. The fraction of sp³-hybridized carbons (Fsp3) is 0.400. The lowest BCUT2D eigenvalue weighted by molar-refractivity contribution is -0.137. The maximum atomic E-state index is 12.4. The molecule has 0 spiro atoms. The largest absolute Gasteiger partial charge is 0.748 e. The Morgan fingerprint density at radius 1 is 1.33 bits per heavy atom. The summed E-state index contributed by atoms with van der Waals surface area (Å²) in [6.45, 7) is 0. The maximum Gasteiger partial charge on any atom is 0.416 e. The van der Waals surface area contributed by atoms with Gasteiger partial charge in [0, 0.05) is 5.75 Å². The van der Waals surface area contributed by atoms with Crippen LogP contribution in [-0.4, -0.2) is 23.8 Å². The SMILES string of the molecule is O=S(=O)([O-])CCC(O)c1cccc(C(F)(F)F)c1. The standard InChI is InChI=1S/C10H11F3O4S/c11-10(12,13)8-3-1-2-7(6-8)9(14)4-5-18(15,16)17/h1-3,6,9,14H,4-5H2,(H,15,16,17)/p-1. The van der Waals surface area contributed by atoms with Crippen LogP contribution >= 0.6 is 0 Å². The summed E-state index contributed by atoms with van der Waals surface area (Å²) in [5, 5.41) is 9.50. The molecule has 1 aromatic rings. The third-order valence-electron chi connectivity index (χ3n) is 2.24. The van der Waals surface area contributed by atoms with E-state index in [9.17, 15) is 31.2 Å². The highest BCUT2D eigenvalue weighted by Crippen LogP contribution is 2.31. The van der Waals surface area contributed by atoms with Crippen molar-refractivity contribution >= 4 is 10.1 Å². The van der Waals surface area contributed by atoms with E-state index in [-0.39, 0.29) is 5.56 Å². The van der Waals surface area contributed by atoms with Crippen molar-refractivity contribution in [2.75, 3.05) is 5.75 Å². The van der Waals surface area contributed by atoms with Crippen molar-refractivity contribution in [1.29, 1.82) is 0 Å². The number of benzene rings is 1. The Morgan fingerprint density at radius 2 is 1.94 bits per heavy atom. The van der Waals surface area contributed by atoms with E-state index in [1.54, 1.807) is 0 Å². The van der Waals surface area contributed by atoms with E-state index in [4.69, 9.17) is 0 Å². The first-order chi connectivity index (χ1) is 8.09. The topological polar surface area (TPSA) is 77.4 Å². The van der Waals surface area contributed by atoms with Gasteiger partial charge in [0.05, 0.1) is 21.8 Å². The lowest BCUT2D eigenvalue weighted by Crippen LogP contribution is -2.10. The van der Waals surface area contributed by atoms with E-state index in [0.29, 0.717) is 0 Å². The molecule has 0 saturated heterocycles. The van der Waals surface area contributed by atoms with Gasteiger partial charge in [0.1, 0.15) is 0 Å². The van der Waals surface area contributed by atoms with Crippen LogP contribution in [0.3, 0.4) is 0 Å². The minimum absolute atomic E-state index is 0.0755. The van der Waals surface area contributed by atoms with Gasteiger partial charge in [0.2, 0.25) is 0 Å². The van der Waals surface area contributed by atoms with Crippen LogP contribution in [-0.2, 0) is 16.3 Å². The van der Waals surface area contributed by atoms with Gasteiger partial charge in [0.25, 0.3) is 0 Å². The van der Waals surface area contributed by atoms with Crippen LogP contribution in [0.1, 0.15) is 23.7 Å². The fourth-order valence-electron chi connectivity index (χ4n) is 1.34. The average molecular weight is 283 g/mol. The second kappa shape index (κ2) is 5.25. The molecule has 1 unspecified atom stereocenters. The summed E-state index contributed by atoms with van der Waals surface area (Å²) in [6.07, 6.45) is -6.40. The molecule has 0 aliphatic heterocycles. The Kier molecular flexibility index (Phi) is 4.36. The van der Waals surface area contributed by atoms with E-state index in [1.807, 2.05) is 0 Å². The Labute approximate surface area is 102 Å². The highest BCUT2D eigenvalue weighted by molar-refractivity contribution is 7.85. The minimum Gasteiger partial charge on any atom is -0.748 e. The number of aliphatic hydroxyl groups excluding tert-OH is 1. The van der Waals surface area contributed by atoms with Crippen LogP contribution in [0.5, 0.6) is 0 Å². The number of hydrogen-bond donors (Lipinski definition) is 1. The van der Waals surface area contributed by atoms with E-state index < -0.39 is 40.1 Å². The minimum atomic E-state index is -4.54. The zero-order valence-corrected chi connectivity index (χ0v) is 9.83. The Hall–Kier alpha value is -1.12. The number of halogens is 3. The van der Waals surface area contributed by atoms with Crippen LogP contribution in [0, 0.1) is 0 Å². The van der Waals surface area contributed by atoms with Crippen LogP contribution < -0.4 is 0 Å². The third-order valence-corrected chi connectivity index (χ3v) is 2.98. The monoisotopic (exact) mass is 283 g/mol. The second-order valence-corrected chi connectivity index (χ2v) is 5.21. The molecule has 0 amide bonds. The van der Waals surface area contributed by atoms with Gasteiger partial charge >= 0.3 is 6.18 Å². The van der Waals surface area contributed by atoms with Gasteiger partial charge in [-0.2, -0.15) is 13.2 Å². The van der Waals surface area contributed by atoms with Gasteiger partial charge in [-0.3, -0.25) is 0 Å². The Bertz CT molecular complexity index is 510. The van der Waals surface area contributed by atoms with E-state index >= 15 is 0 Å². The molecule has 0 bridgehead atoms. The molecule has 0 radical (unpaired) electrons. The second-order valence-electron chi connectivity index (χ2n) is 3.69. The van der Waals surface area contributed by atoms with Gasteiger partial charge in [-0.15, -0.1) is 0 Å². The van der Waals surface area contributed by atoms with Gasteiger partial charge in [-0.25, -0.2) is 8.42 Å². The first-order valence-corrected chi connectivity index (χ1v) is 6.46. The molecular formula is C10H10F3O4S-. The summed E-state index contributed by atoms with van der Waals surface area (Å²) in [4.78, 5) is 0. The van der Waals surface area contributed by atoms with Crippen LogP contribution in [0.2, 0.25) is 0 Å².